The third-order valence-electron chi connectivity index (χ3n) is 17.2. The van der Waals surface area contributed by atoms with Crippen LogP contribution in [-0.2, 0) is 32.7 Å². The Morgan fingerprint density at radius 3 is 0.800 bits per heavy atom. The number of nitrogens with zero attached hydrogens (tertiary/aromatic N) is 1. The van der Waals surface area contributed by atoms with Gasteiger partial charge in [-0.3, -0.25) is 18.6 Å². The van der Waals surface area contributed by atoms with Crippen molar-refractivity contribution in [2.24, 2.45) is 0 Å². The van der Waals surface area contributed by atoms with Crippen molar-refractivity contribution in [3.63, 3.8) is 0 Å². The lowest BCUT2D eigenvalue weighted by Crippen LogP contribution is -2.37. The summed E-state index contributed by atoms with van der Waals surface area (Å²) >= 11 is 0. The van der Waals surface area contributed by atoms with Gasteiger partial charge in [0, 0.05) is 12.8 Å². The zero-order valence-electron chi connectivity index (χ0n) is 65.1. The molecule has 0 saturated heterocycles. The van der Waals surface area contributed by atoms with Crippen molar-refractivity contribution in [2.75, 3.05) is 47.5 Å². The normalized spacial score (nSPS) is 13.9. The topological polar surface area (TPSA) is 108 Å². The summed E-state index contributed by atoms with van der Waals surface area (Å²) in [6, 6.07) is 0. The fraction of sp³-hybridized carbons (Fsp3) is 0.667. The van der Waals surface area contributed by atoms with E-state index in [9.17, 15) is 19.0 Å². The maximum absolute atomic E-state index is 12.9. The van der Waals surface area contributed by atoms with Crippen LogP contribution in [0, 0.1) is 0 Å². The average molecular weight is 1410 g/mol. The van der Waals surface area contributed by atoms with E-state index in [0.29, 0.717) is 17.4 Å². The van der Waals surface area contributed by atoms with Gasteiger partial charge in [-0.25, -0.2) is 4.57 Å². The predicted octanol–water partition coefficient (Wildman–Crippen LogP) is 27.6. The highest BCUT2D eigenvalue weighted by Gasteiger charge is 2.27. The molecule has 0 aliphatic carbocycles. The summed E-state index contributed by atoms with van der Waals surface area (Å²) in [5, 5.41) is 0. The van der Waals surface area contributed by atoms with E-state index in [-0.39, 0.29) is 32.0 Å². The molecule has 0 fully saturated rings. The van der Waals surface area contributed by atoms with E-state index in [1.165, 1.54) is 154 Å². The molecule has 0 aliphatic heterocycles. The first-order valence-corrected chi connectivity index (χ1v) is 42.4. The third kappa shape index (κ3) is 82.3. The number of phosphoric acid groups is 1. The summed E-state index contributed by atoms with van der Waals surface area (Å²) in [4.78, 5) is 36.0. The number of quaternary nitrogens is 1. The van der Waals surface area contributed by atoms with E-state index < -0.39 is 26.5 Å². The minimum Gasteiger partial charge on any atom is -0.462 e. The molecule has 0 bridgehead atoms. The van der Waals surface area contributed by atoms with E-state index in [4.69, 9.17) is 18.5 Å². The summed E-state index contributed by atoms with van der Waals surface area (Å²) in [5.41, 5.74) is 0. The molecule has 0 radical (unpaired) electrons. The molecule has 570 valence electrons. The van der Waals surface area contributed by atoms with Crippen LogP contribution in [0.4, 0.5) is 0 Å². The van der Waals surface area contributed by atoms with Crippen molar-refractivity contribution in [2.45, 2.75) is 341 Å². The minimum atomic E-state index is -4.41. The second kappa shape index (κ2) is 78.5. The molecule has 0 spiro atoms. The van der Waals surface area contributed by atoms with Crippen LogP contribution in [0.2, 0.25) is 0 Å². The van der Waals surface area contributed by atoms with Crippen LogP contribution in [0.25, 0.3) is 0 Å². The molecule has 0 aliphatic rings. The Balaban J connectivity index is 4.02. The monoisotopic (exact) mass is 1410 g/mol. The van der Waals surface area contributed by atoms with Crippen LogP contribution in [0.1, 0.15) is 335 Å². The third-order valence-corrected chi connectivity index (χ3v) is 18.2. The number of rotatable bonds is 74. The summed E-state index contributed by atoms with van der Waals surface area (Å²) in [6.45, 7) is 4.21. The molecule has 2 atom stereocenters. The molecule has 0 aromatic rings. The number of hydrogen-bond acceptors (Lipinski definition) is 7. The zero-order chi connectivity index (χ0) is 72.5. The lowest BCUT2D eigenvalue weighted by Gasteiger charge is -2.24. The molecule has 0 heterocycles. The largest absolute Gasteiger partial charge is 0.472 e. The Hall–Kier alpha value is -4.63. The number of ether oxygens (including phenoxy) is 2. The van der Waals surface area contributed by atoms with Gasteiger partial charge in [-0.1, -0.05) is 364 Å². The van der Waals surface area contributed by atoms with E-state index in [1.54, 1.807) is 0 Å². The van der Waals surface area contributed by atoms with Crippen molar-refractivity contribution in [1.82, 2.24) is 0 Å². The van der Waals surface area contributed by atoms with Crippen LogP contribution >= 0.6 is 7.82 Å². The standard InChI is InChI=1S/C90H152NO8P/c1-6-8-10-12-14-16-18-20-22-24-26-28-30-32-34-36-38-40-42-44-45-47-48-50-52-54-56-58-60-62-64-66-68-70-72-74-76-78-80-82-89(92)96-86-88(87-98-100(94,95)97-85-84-91(3,4)5)99-90(93)83-81-79-77-75-73-71-69-67-65-63-61-59-57-55-53-51-49-46-43-41-39-37-35-33-31-29-27-25-23-21-19-17-15-13-11-9-7-2/h8-11,14-17,20-23,26-29,33,35,39,41,46,49,53,55,59,61,65,67,88H,6-7,12-13,18-19,24-25,30-32,34,36-38,40,42-45,47-48,50-52,54,56-58,60,62-64,66,68-87H2,1-5H3/p+1/b10-8-,11-9-,16-14-,17-15-,22-20-,23-21-,28-26-,29-27-,35-33-,41-39-,49-46-,55-53-,61-59-,67-65-. The molecule has 10 heteroatoms. The number of unbranched alkanes of at least 4 members (excludes halogenated alkanes) is 32. The lowest BCUT2D eigenvalue weighted by atomic mass is 10.0. The molecule has 0 saturated carbocycles. The number of esters is 2. The van der Waals surface area contributed by atoms with Gasteiger partial charge < -0.3 is 18.9 Å². The summed E-state index contributed by atoms with van der Waals surface area (Å²) in [5.74, 6) is -0.812. The molecule has 0 amide bonds. The van der Waals surface area contributed by atoms with E-state index in [1.807, 2.05) is 21.1 Å². The van der Waals surface area contributed by atoms with Crippen LogP contribution in [0.15, 0.2) is 170 Å². The van der Waals surface area contributed by atoms with Gasteiger partial charge in [0.2, 0.25) is 0 Å². The van der Waals surface area contributed by atoms with Crippen molar-refractivity contribution in [3.05, 3.63) is 170 Å². The van der Waals surface area contributed by atoms with Gasteiger partial charge in [0.15, 0.2) is 6.10 Å². The molecule has 0 aromatic carbocycles. The van der Waals surface area contributed by atoms with Gasteiger partial charge in [0.25, 0.3) is 0 Å². The fourth-order valence-electron chi connectivity index (χ4n) is 11.1. The first kappa shape index (κ1) is 95.4. The number of allylic oxidation sites excluding steroid dienone is 28. The Kier molecular flexibility index (Phi) is 74.9. The molecule has 0 rings (SSSR count). The molecule has 9 nitrogen and oxygen atoms in total. The Morgan fingerprint density at radius 2 is 0.540 bits per heavy atom. The number of hydrogen-bond donors (Lipinski definition) is 1. The van der Waals surface area contributed by atoms with Crippen molar-refractivity contribution in [1.29, 1.82) is 0 Å². The van der Waals surface area contributed by atoms with Crippen molar-refractivity contribution in [3.8, 4) is 0 Å². The summed E-state index contributed by atoms with van der Waals surface area (Å²) < 4.78 is 34.8. The molecule has 100 heavy (non-hydrogen) atoms. The Morgan fingerprint density at radius 1 is 0.310 bits per heavy atom. The Labute approximate surface area is 617 Å². The van der Waals surface area contributed by atoms with Crippen molar-refractivity contribution < 1.29 is 42.1 Å². The van der Waals surface area contributed by atoms with E-state index in [2.05, 4.69) is 184 Å². The second-order valence-corrected chi connectivity index (χ2v) is 29.5. The maximum Gasteiger partial charge on any atom is 0.472 e. The summed E-state index contributed by atoms with van der Waals surface area (Å²) in [7, 11) is 1.46. The number of carbonyl (C=O) groups excluding carboxylic acids is 2. The lowest BCUT2D eigenvalue weighted by molar-refractivity contribution is -0.870. The second-order valence-electron chi connectivity index (χ2n) is 28.0. The van der Waals surface area contributed by atoms with Gasteiger partial charge in [0.05, 0.1) is 27.7 Å². The summed E-state index contributed by atoms with van der Waals surface area (Å²) in [6.07, 6.45) is 119. The van der Waals surface area contributed by atoms with E-state index in [0.717, 1.165) is 148 Å². The molecular formula is C90H153NO8P+. The van der Waals surface area contributed by atoms with Gasteiger partial charge in [-0.15, -0.1) is 0 Å². The van der Waals surface area contributed by atoms with Crippen molar-refractivity contribution >= 4 is 19.8 Å². The van der Waals surface area contributed by atoms with Gasteiger partial charge in [-0.2, -0.15) is 0 Å². The van der Waals surface area contributed by atoms with Gasteiger partial charge >= 0.3 is 19.8 Å². The highest BCUT2D eigenvalue weighted by atomic mass is 31.2. The van der Waals surface area contributed by atoms with Crippen LogP contribution in [0.3, 0.4) is 0 Å². The SMILES string of the molecule is CC/C=C\C/C=C\C/C=C\C/C=C\C/C=C\C/C=C\C/C=C\C/C=C\C/C=C\C/C=C\CCCCCCCCC(=O)OC(COC(=O)CCCCCCCCCCCCCCCCCCCCCCCCCCCC/C=C\C/C=C\C/C=C\C/C=C\CC)COP(=O)(O)OCC[N+](C)(C)C. The van der Waals surface area contributed by atoms with Crippen LogP contribution in [0.5, 0.6) is 0 Å². The highest BCUT2D eigenvalue weighted by Crippen LogP contribution is 2.43. The quantitative estimate of drug-likeness (QED) is 0.0211. The van der Waals surface area contributed by atoms with Gasteiger partial charge in [0.1, 0.15) is 19.8 Å². The Bertz CT molecular complexity index is 2300. The molecular weight excluding hydrogens is 1250 g/mol. The molecule has 2 unspecified atom stereocenters. The smallest absolute Gasteiger partial charge is 0.462 e. The first-order valence-electron chi connectivity index (χ1n) is 40.9. The average Bonchev–Trinajstić information content (AvgIpc) is 1.02. The van der Waals surface area contributed by atoms with Gasteiger partial charge in [-0.05, 0) is 128 Å². The van der Waals surface area contributed by atoms with Crippen LogP contribution in [-0.4, -0.2) is 74.9 Å². The van der Waals surface area contributed by atoms with Crippen LogP contribution < -0.4 is 0 Å². The fourth-order valence-corrected chi connectivity index (χ4v) is 11.8. The number of carbonyl (C=O) groups is 2. The number of likely N-dealkylation sites (N-methyl/N-ethyl adjacent to an activating group) is 1. The first-order chi connectivity index (χ1) is 49.0. The van der Waals surface area contributed by atoms with E-state index >= 15 is 0 Å². The maximum atomic E-state index is 12.9. The highest BCUT2D eigenvalue weighted by molar-refractivity contribution is 7.47. The molecule has 1 N–H and O–H groups in total. The minimum absolute atomic E-state index is 0.0222. The molecule has 0 aromatic heterocycles. The predicted molar refractivity (Wildman–Crippen MR) is 436 cm³/mol. The number of phosphoric ester groups is 1. The zero-order valence-corrected chi connectivity index (χ0v) is 66.0.